The number of ether oxygens (including phenoxy) is 1. The van der Waals surface area contributed by atoms with E-state index in [1.165, 1.54) is 0 Å². The van der Waals surface area contributed by atoms with E-state index in [2.05, 4.69) is 16.1 Å². The summed E-state index contributed by atoms with van der Waals surface area (Å²) in [4.78, 5) is 24.4. The number of benzene rings is 2. The molecule has 0 radical (unpaired) electrons. The van der Waals surface area contributed by atoms with Crippen molar-refractivity contribution in [3.63, 3.8) is 0 Å². The minimum atomic E-state index is -5.35. The maximum Gasteiger partial charge on any atom is 0.491 e. The summed E-state index contributed by atoms with van der Waals surface area (Å²) >= 11 is 12.2. The minimum absolute atomic E-state index is 0.0594. The van der Waals surface area contributed by atoms with Crippen molar-refractivity contribution in [3.05, 3.63) is 69.7 Å². The predicted octanol–water partition coefficient (Wildman–Crippen LogP) is 5.56. The molecule has 0 spiro atoms. The number of carbonyl (C=O) groups is 2. The van der Waals surface area contributed by atoms with Crippen molar-refractivity contribution < 1.29 is 27.5 Å². The molecular weight excluding hydrogens is 492 g/mol. The van der Waals surface area contributed by atoms with Crippen molar-refractivity contribution in [3.8, 4) is 6.07 Å². The van der Waals surface area contributed by atoms with Crippen LogP contribution in [0.3, 0.4) is 0 Å². The van der Waals surface area contributed by atoms with Gasteiger partial charge in [0.1, 0.15) is 11.5 Å². The Morgan fingerprint density at radius 1 is 1.15 bits per heavy atom. The van der Waals surface area contributed by atoms with E-state index in [1.54, 1.807) is 48.5 Å². The molecule has 0 bridgehead atoms. The van der Waals surface area contributed by atoms with E-state index in [-0.39, 0.29) is 5.92 Å². The van der Waals surface area contributed by atoms with Crippen LogP contribution >= 0.6 is 23.2 Å². The first-order valence-corrected chi connectivity index (χ1v) is 11.2. The molecule has 10 heteroatoms. The monoisotopic (exact) mass is 512 g/mol. The summed E-state index contributed by atoms with van der Waals surface area (Å²) in [5.74, 6) is -5.00. The van der Waals surface area contributed by atoms with Crippen LogP contribution in [0, 0.1) is 17.2 Å². The summed E-state index contributed by atoms with van der Waals surface area (Å²) in [6.07, 6.45) is -4.94. The maximum absolute atomic E-state index is 12.9. The van der Waals surface area contributed by atoms with Gasteiger partial charge in [0.2, 0.25) is 0 Å². The number of rotatable bonds is 5. The molecule has 34 heavy (non-hydrogen) atoms. The third-order valence-electron chi connectivity index (χ3n) is 5.85. The first kappa shape index (κ1) is 26.0. The van der Waals surface area contributed by atoms with Crippen LogP contribution in [-0.4, -0.2) is 30.2 Å². The number of hydrogen-bond acceptors (Lipinski definition) is 5. The van der Waals surface area contributed by atoms with Crippen molar-refractivity contribution >= 4 is 35.1 Å². The number of carbonyl (C=O) groups excluding carboxylic acids is 2. The number of hydrogen-bond donors (Lipinski definition) is 1. The highest BCUT2D eigenvalue weighted by Crippen LogP contribution is 2.50. The Morgan fingerprint density at radius 3 is 2.32 bits per heavy atom. The largest absolute Gasteiger partial charge is 0.491 e. The molecule has 0 unspecified atom stereocenters. The third-order valence-corrected chi connectivity index (χ3v) is 6.34. The molecule has 4 atom stereocenters. The van der Waals surface area contributed by atoms with Gasteiger partial charge in [-0.15, -0.1) is 0 Å². The topological polar surface area (TPSA) is 79.2 Å². The summed E-state index contributed by atoms with van der Waals surface area (Å²) in [6.45, 7) is 3.83. The van der Waals surface area contributed by atoms with Gasteiger partial charge in [-0.2, -0.15) is 18.4 Å². The Balaban J connectivity index is 2.22. The van der Waals surface area contributed by atoms with E-state index in [0.29, 0.717) is 27.6 Å². The minimum Gasteiger partial charge on any atom is -0.385 e. The second-order valence-corrected chi connectivity index (χ2v) is 9.43. The molecule has 0 amide bonds. The number of nitrogens with zero attached hydrogens (tertiary/aromatic N) is 1. The maximum atomic E-state index is 12.9. The second-order valence-electron chi connectivity index (χ2n) is 8.55. The van der Waals surface area contributed by atoms with Gasteiger partial charge in [0, 0.05) is 22.0 Å². The molecule has 1 saturated heterocycles. The lowest BCUT2D eigenvalue weighted by Gasteiger charge is -2.35. The lowest BCUT2D eigenvalue weighted by atomic mass is 9.64. The molecule has 180 valence electrons. The van der Waals surface area contributed by atoms with E-state index in [4.69, 9.17) is 23.2 Å². The molecule has 1 N–H and O–H groups in total. The summed E-state index contributed by atoms with van der Waals surface area (Å²) in [7, 11) is 0. The van der Waals surface area contributed by atoms with Crippen LogP contribution in [0.4, 0.5) is 13.2 Å². The van der Waals surface area contributed by atoms with Crippen LogP contribution in [0.15, 0.2) is 48.5 Å². The van der Waals surface area contributed by atoms with E-state index in [0.717, 1.165) is 0 Å². The second kappa shape index (κ2) is 9.95. The van der Waals surface area contributed by atoms with E-state index < -0.39 is 41.5 Å². The Morgan fingerprint density at radius 2 is 1.79 bits per heavy atom. The molecule has 3 rings (SSSR count). The number of alkyl halides is 3. The van der Waals surface area contributed by atoms with Crippen molar-refractivity contribution in [2.24, 2.45) is 5.92 Å². The summed E-state index contributed by atoms with van der Waals surface area (Å²) in [5, 5.41) is 14.3. The van der Waals surface area contributed by atoms with Gasteiger partial charge < -0.3 is 4.74 Å². The zero-order valence-electron chi connectivity index (χ0n) is 18.2. The van der Waals surface area contributed by atoms with Crippen LogP contribution < -0.4 is 5.32 Å². The van der Waals surface area contributed by atoms with Crippen molar-refractivity contribution in [2.45, 2.75) is 49.9 Å². The van der Waals surface area contributed by atoms with Crippen LogP contribution in [0.25, 0.3) is 0 Å². The van der Waals surface area contributed by atoms with Gasteiger partial charge >= 0.3 is 18.1 Å². The Labute approximate surface area is 204 Å². The fourth-order valence-corrected chi connectivity index (χ4v) is 4.86. The normalized spacial score (nSPS) is 24.6. The molecule has 2 aromatic rings. The molecule has 1 aliphatic rings. The highest BCUT2D eigenvalue weighted by Gasteiger charge is 2.60. The van der Waals surface area contributed by atoms with Crippen LogP contribution in [-0.2, 0) is 19.7 Å². The average molecular weight is 513 g/mol. The van der Waals surface area contributed by atoms with Gasteiger partial charge in [-0.05, 0) is 47.7 Å². The number of nitriles is 1. The molecule has 0 aromatic heterocycles. The summed E-state index contributed by atoms with van der Waals surface area (Å²) < 4.78 is 42.6. The lowest BCUT2D eigenvalue weighted by molar-refractivity contribution is -0.202. The Kier molecular flexibility index (Phi) is 7.61. The first-order valence-electron chi connectivity index (χ1n) is 10.4. The Bertz CT molecular complexity index is 1120. The highest BCUT2D eigenvalue weighted by atomic mass is 35.5. The zero-order valence-corrected chi connectivity index (χ0v) is 19.7. The SMILES string of the molecule is CC(C)C[C@H]1N[C@@H](C(=O)OC(=O)C(F)(F)F)[C@H](c2cccc(Cl)c2)[C@@]1(C#N)c1ccc(Cl)cc1. The van der Waals surface area contributed by atoms with E-state index >= 15 is 0 Å². The van der Waals surface area contributed by atoms with Gasteiger partial charge in [0.05, 0.1) is 6.07 Å². The van der Waals surface area contributed by atoms with Crippen molar-refractivity contribution in [2.75, 3.05) is 0 Å². The highest BCUT2D eigenvalue weighted by molar-refractivity contribution is 6.30. The van der Waals surface area contributed by atoms with E-state index in [9.17, 15) is 28.0 Å². The number of halogens is 5. The molecule has 1 heterocycles. The third kappa shape index (κ3) is 5.07. The standard InChI is InChI=1S/C24H21Cl2F3N2O3/c1-13(2)10-18-23(12-30,15-6-8-16(25)9-7-15)19(14-4-3-5-17(26)11-14)20(31-18)21(32)34-22(33)24(27,28)29/h3-9,11,13,18-20,31H,10H2,1-2H3/t18-,19+,20-,23+/m1/s1. The van der Waals surface area contributed by atoms with Gasteiger partial charge in [-0.25, -0.2) is 9.59 Å². The van der Waals surface area contributed by atoms with Crippen molar-refractivity contribution in [1.82, 2.24) is 5.32 Å². The quantitative estimate of drug-likeness (QED) is 0.419. The molecule has 1 fully saturated rings. The number of esters is 2. The summed E-state index contributed by atoms with van der Waals surface area (Å²) in [6, 6.07) is 13.1. The smallest absolute Gasteiger partial charge is 0.385 e. The number of nitrogens with one attached hydrogen (secondary N) is 1. The lowest BCUT2D eigenvalue weighted by Crippen LogP contribution is -2.43. The fraction of sp³-hybridized carbons (Fsp3) is 0.375. The molecular formula is C24H21Cl2F3N2O3. The van der Waals surface area contributed by atoms with Gasteiger partial charge in [-0.1, -0.05) is 61.3 Å². The Hall–Kier alpha value is -2.60. The molecule has 1 aliphatic heterocycles. The fourth-order valence-electron chi connectivity index (χ4n) is 4.54. The molecule has 5 nitrogen and oxygen atoms in total. The molecule has 2 aromatic carbocycles. The zero-order chi connectivity index (χ0) is 25.3. The molecule has 0 saturated carbocycles. The van der Waals surface area contributed by atoms with Gasteiger partial charge in [-0.3, -0.25) is 5.32 Å². The average Bonchev–Trinajstić information content (AvgIpc) is 3.08. The van der Waals surface area contributed by atoms with Crippen molar-refractivity contribution in [1.29, 1.82) is 5.26 Å². The molecule has 0 aliphatic carbocycles. The van der Waals surface area contributed by atoms with Crippen LogP contribution in [0.5, 0.6) is 0 Å². The first-order chi connectivity index (χ1) is 15.9. The van der Waals surface area contributed by atoms with Crippen LogP contribution in [0.1, 0.15) is 37.3 Å². The van der Waals surface area contributed by atoms with Crippen LogP contribution in [0.2, 0.25) is 10.0 Å². The van der Waals surface area contributed by atoms with E-state index in [1.807, 2.05) is 13.8 Å². The predicted molar refractivity (Wildman–Crippen MR) is 120 cm³/mol. The summed E-state index contributed by atoms with van der Waals surface area (Å²) in [5.41, 5.74) is -0.464. The van der Waals surface area contributed by atoms with Gasteiger partial charge in [0.25, 0.3) is 0 Å². The van der Waals surface area contributed by atoms with Gasteiger partial charge in [0.15, 0.2) is 0 Å².